The zero-order valence-electron chi connectivity index (χ0n) is 29.6. The van der Waals surface area contributed by atoms with Gasteiger partial charge in [-0.25, -0.2) is 0 Å². The molecule has 255 valence electrons. The van der Waals surface area contributed by atoms with E-state index in [1.54, 1.807) is 0 Å². The molecule has 51 heavy (non-hydrogen) atoms. The maximum atomic E-state index is 6.41. The van der Waals surface area contributed by atoms with Crippen LogP contribution in [0.25, 0.3) is 55.6 Å². The van der Waals surface area contributed by atoms with Crippen LogP contribution >= 0.6 is 0 Å². The van der Waals surface area contributed by atoms with Crippen molar-refractivity contribution in [2.45, 2.75) is 39.4 Å². The first-order valence-electron chi connectivity index (χ1n) is 17.1. The molecule has 8 aromatic rings. The van der Waals surface area contributed by atoms with Crippen molar-refractivity contribution < 1.29 is 24.5 Å². The van der Waals surface area contributed by atoms with Gasteiger partial charge in [0.05, 0.1) is 13.7 Å². The van der Waals surface area contributed by atoms with E-state index in [0.29, 0.717) is 0 Å². The number of benzene rings is 5. The van der Waals surface area contributed by atoms with Crippen molar-refractivity contribution in [2.75, 3.05) is 0 Å². The van der Waals surface area contributed by atoms with Gasteiger partial charge < -0.3 is 14.4 Å². The van der Waals surface area contributed by atoms with E-state index >= 15 is 0 Å². The van der Waals surface area contributed by atoms with Gasteiger partial charge in [0.15, 0.2) is 0 Å². The zero-order valence-corrected chi connectivity index (χ0v) is 33.0. The number of aromatic nitrogens is 2. The quantitative estimate of drug-likeness (QED) is 0.124. The van der Waals surface area contributed by atoms with Gasteiger partial charge in [-0.1, -0.05) is 128 Å². The second-order valence-electron chi connectivity index (χ2n) is 13.8. The predicted molar refractivity (Wildman–Crippen MR) is 211 cm³/mol. The Bertz CT molecular complexity index is 2380. The van der Waals surface area contributed by atoms with E-state index in [-0.39, 0.29) is 26.0 Å². The number of rotatable bonds is 6. The summed E-state index contributed by atoms with van der Waals surface area (Å²) in [5.74, 6) is 0.274. The summed E-state index contributed by atoms with van der Waals surface area (Å²) in [6, 6.07) is 52.4. The Morgan fingerprint density at radius 2 is 1.39 bits per heavy atom. The van der Waals surface area contributed by atoms with Crippen molar-refractivity contribution >= 4 is 35.2 Å². The number of furan rings is 1. The summed E-state index contributed by atoms with van der Waals surface area (Å²) in [6.45, 7) is 11.5. The first kappa shape index (κ1) is 35.9. The molecule has 3 aromatic heterocycles. The molecule has 0 aliphatic heterocycles. The van der Waals surface area contributed by atoms with Crippen molar-refractivity contribution in [3.63, 3.8) is 0 Å². The Hall–Kier alpha value is -4.93. The number of aryl methyl sites for hydroxylation is 1. The summed E-state index contributed by atoms with van der Waals surface area (Å²) >= 11 is 0. The van der Waals surface area contributed by atoms with Crippen LogP contribution in [-0.2, 0) is 20.1 Å². The van der Waals surface area contributed by atoms with Crippen LogP contribution < -0.4 is 5.19 Å². The number of hydrogen-bond acceptors (Lipinski definition) is 3. The largest absolute Gasteiger partial charge is 0.501 e. The minimum Gasteiger partial charge on any atom is -0.501 e. The van der Waals surface area contributed by atoms with Crippen LogP contribution in [0.4, 0.5) is 0 Å². The molecule has 1 unspecified atom stereocenters. The number of fused-ring (bicyclic) bond motifs is 3. The van der Waals surface area contributed by atoms with E-state index in [4.69, 9.17) is 4.42 Å². The zero-order chi connectivity index (χ0) is 34.7. The summed E-state index contributed by atoms with van der Waals surface area (Å²) in [5, 5.41) is 3.63. The Labute approximate surface area is 315 Å². The molecule has 0 spiro atoms. The SMILES string of the molecule is CC(c1ccccc1)c1ccnc(-c2[c-]ccc3c2oc2cc(-c4ccccc4)ccc23)c1.Cc1cc(-c2[c-]cccc2)ncc1[Si](C)(C)C.[Ir]. The minimum atomic E-state index is -1.27. The van der Waals surface area contributed by atoms with Crippen LogP contribution in [0.3, 0.4) is 0 Å². The fourth-order valence-corrected chi connectivity index (χ4v) is 8.28. The van der Waals surface area contributed by atoms with Gasteiger partial charge in [-0.3, -0.25) is 0 Å². The Morgan fingerprint density at radius 1 is 0.647 bits per heavy atom. The molecule has 3 heterocycles. The molecular weight excluding hydrogens is 817 g/mol. The van der Waals surface area contributed by atoms with Gasteiger partial charge in [-0.15, -0.1) is 54.1 Å². The molecule has 0 N–H and O–H groups in total. The van der Waals surface area contributed by atoms with E-state index in [9.17, 15) is 0 Å². The van der Waals surface area contributed by atoms with Crippen LogP contribution in [0, 0.1) is 19.1 Å². The maximum absolute atomic E-state index is 6.41. The first-order chi connectivity index (χ1) is 24.3. The van der Waals surface area contributed by atoms with Crippen molar-refractivity contribution in [3.8, 4) is 33.6 Å². The Balaban J connectivity index is 0.000000211. The van der Waals surface area contributed by atoms with Crippen LogP contribution in [0.5, 0.6) is 0 Å². The summed E-state index contributed by atoms with van der Waals surface area (Å²) in [4.78, 5) is 9.26. The fourth-order valence-electron chi connectivity index (χ4n) is 6.57. The topological polar surface area (TPSA) is 38.9 Å². The van der Waals surface area contributed by atoms with Crippen LogP contribution in [-0.4, -0.2) is 18.0 Å². The summed E-state index contributed by atoms with van der Waals surface area (Å²) in [5.41, 5.74) is 11.7. The van der Waals surface area contributed by atoms with E-state index in [1.807, 2.05) is 36.5 Å². The van der Waals surface area contributed by atoms with E-state index in [0.717, 1.165) is 50.0 Å². The van der Waals surface area contributed by atoms with Crippen molar-refractivity contribution in [1.82, 2.24) is 9.97 Å². The van der Waals surface area contributed by atoms with E-state index in [1.165, 1.54) is 27.4 Å². The monoisotopic (exact) mass is 857 g/mol. The molecule has 0 bridgehead atoms. The van der Waals surface area contributed by atoms with Crippen molar-refractivity contribution in [1.29, 1.82) is 0 Å². The maximum Gasteiger partial charge on any atom is 0.121 e. The molecule has 5 aromatic carbocycles. The number of hydrogen-bond donors (Lipinski definition) is 0. The van der Waals surface area contributed by atoms with E-state index in [2.05, 4.69) is 165 Å². The molecule has 1 atom stereocenters. The van der Waals surface area contributed by atoms with Crippen LogP contribution in [0.15, 0.2) is 150 Å². The Morgan fingerprint density at radius 3 is 2.10 bits per heavy atom. The fraction of sp³-hybridized carbons (Fsp3) is 0.130. The first-order valence-corrected chi connectivity index (χ1v) is 20.6. The molecule has 0 saturated carbocycles. The van der Waals surface area contributed by atoms with Gasteiger partial charge in [0.2, 0.25) is 0 Å². The normalized spacial score (nSPS) is 11.8. The second-order valence-corrected chi connectivity index (χ2v) is 18.8. The molecule has 0 aliphatic rings. The third-order valence-corrected chi connectivity index (χ3v) is 11.4. The minimum absolute atomic E-state index is 0. The third-order valence-electron chi connectivity index (χ3n) is 9.28. The molecule has 5 heteroatoms. The third kappa shape index (κ3) is 7.87. The van der Waals surface area contributed by atoms with Gasteiger partial charge >= 0.3 is 0 Å². The number of pyridine rings is 2. The molecule has 0 fully saturated rings. The van der Waals surface area contributed by atoms with Gasteiger partial charge in [-0.05, 0) is 57.9 Å². The molecule has 0 aliphatic carbocycles. The standard InChI is InChI=1S/C31H22NO.C15H18NSi.Ir/c1-21(22-9-4-2-5-10-22)24-17-18-32-29(19-24)28-14-8-13-27-26-16-15-25(20-30(26)33-31(27)28)23-11-6-3-7-12-23;1-12-10-14(13-8-6-5-7-9-13)16-11-15(12)17(2,3)4;/h2-13,15-21H,1H3;5-8,10-11H,1-4H3;/q2*-1;. The second kappa shape index (κ2) is 15.5. The molecule has 1 radical (unpaired) electrons. The smallest absolute Gasteiger partial charge is 0.121 e. The van der Waals surface area contributed by atoms with Gasteiger partial charge in [0, 0.05) is 43.8 Å². The summed E-state index contributed by atoms with van der Waals surface area (Å²) < 4.78 is 6.41. The van der Waals surface area contributed by atoms with Crippen molar-refractivity contribution in [2.24, 2.45) is 0 Å². The molecular formula is C46H40IrN2OSi-2. The average molecular weight is 857 g/mol. The van der Waals surface area contributed by atoms with Gasteiger partial charge in [0.1, 0.15) is 5.58 Å². The molecule has 0 amide bonds. The van der Waals surface area contributed by atoms with Crippen LogP contribution in [0.1, 0.15) is 29.5 Å². The summed E-state index contributed by atoms with van der Waals surface area (Å²) in [7, 11) is -1.27. The number of nitrogens with zero attached hydrogens (tertiary/aromatic N) is 2. The van der Waals surface area contributed by atoms with Crippen LogP contribution in [0.2, 0.25) is 19.6 Å². The summed E-state index contributed by atoms with van der Waals surface area (Å²) in [6.07, 6.45) is 3.94. The molecule has 8 rings (SSSR count). The van der Waals surface area contributed by atoms with Crippen molar-refractivity contribution in [3.05, 3.63) is 175 Å². The van der Waals surface area contributed by atoms with E-state index < -0.39 is 8.07 Å². The predicted octanol–water partition coefficient (Wildman–Crippen LogP) is 11.7. The van der Waals surface area contributed by atoms with Gasteiger partial charge in [0.25, 0.3) is 0 Å². The van der Waals surface area contributed by atoms with Gasteiger partial charge in [-0.2, -0.15) is 0 Å². The molecule has 3 nitrogen and oxygen atoms in total. The molecule has 0 saturated heterocycles. The average Bonchev–Trinajstić information content (AvgIpc) is 3.53. The Kier molecular flexibility index (Phi) is 10.9.